The van der Waals surface area contributed by atoms with Gasteiger partial charge in [-0.05, 0) is 26.0 Å². The molecule has 1 aromatic carbocycles. The Morgan fingerprint density at radius 3 is 2.71 bits per heavy atom. The second kappa shape index (κ2) is 5.37. The molecule has 2 rings (SSSR count). The number of aromatic nitrogens is 1. The van der Waals surface area contributed by atoms with E-state index in [1.54, 1.807) is 0 Å². The van der Waals surface area contributed by atoms with Gasteiger partial charge < -0.3 is 4.90 Å². The SMILES string of the molecule is CC(C)N(CCCl)c1ccnc2ccccc12. The van der Waals surface area contributed by atoms with Crippen LogP contribution in [0.5, 0.6) is 0 Å². The number of alkyl halides is 1. The Morgan fingerprint density at radius 2 is 2.00 bits per heavy atom. The number of rotatable bonds is 4. The van der Waals surface area contributed by atoms with Gasteiger partial charge in [-0.3, -0.25) is 4.98 Å². The van der Waals surface area contributed by atoms with Crippen LogP contribution in [0.3, 0.4) is 0 Å². The van der Waals surface area contributed by atoms with Crippen molar-refractivity contribution < 1.29 is 0 Å². The summed E-state index contributed by atoms with van der Waals surface area (Å²) in [6, 6.07) is 10.7. The monoisotopic (exact) mass is 248 g/mol. The maximum atomic E-state index is 5.88. The van der Waals surface area contributed by atoms with E-state index in [0.29, 0.717) is 11.9 Å². The van der Waals surface area contributed by atoms with Crippen LogP contribution in [0.1, 0.15) is 13.8 Å². The average Bonchev–Trinajstić information content (AvgIpc) is 2.35. The van der Waals surface area contributed by atoms with E-state index in [4.69, 9.17) is 11.6 Å². The number of nitrogens with zero attached hydrogens (tertiary/aromatic N) is 2. The van der Waals surface area contributed by atoms with Crippen LogP contribution in [0.15, 0.2) is 36.5 Å². The van der Waals surface area contributed by atoms with Gasteiger partial charge in [0.15, 0.2) is 0 Å². The highest BCUT2D eigenvalue weighted by molar-refractivity contribution is 6.18. The number of para-hydroxylation sites is 1. The topological polar surface area (TPSA) is 16.1 Å². The first kappa shape index (κ1) is 12.2. The van der Waals surface area contributed by atoms with Crippen LogP contribution >= 0.6 is 11.6 Å². The van der Waals surface area contributed by atoms with E-state index in [1.807, 2.05) is 24.4 Å². The van der Waals surface area contributed by atoms with Crippen LogP contribution in [-0.4, -0.2) is 23.5 Å². The zero-order valence-electron chi connectivity index (χ0n) is 10.2. The van der Waals surface area contributed by atoms with Crippen molar-refractivity contribution >= 4 is 28.2 Å². The molecule has 0 saturated heterocycles. The Balaban J connectivity index is 2.52. The highest BCUT2D eigenvalue weighted by Gasteiger charge is 2.12. The molecule has 0 radical (unpaired) electrons. The second-order valence-electron chi connectivity index (χ2n) is 4.32. The summed E-state index contributed by atoms with van der Waals surface area (Å²) in [7, 11) is 0. The molecule has 0 saturated carbocycles. The van der Waals surface area contributed by atoms with Gasteiger partial charge in [-0.25, -0.2) is 0 Å². The van der Waals surface area contributed by atoms with Crippen LogP contribution < -0.4 is 4.90 Å². The molecule has 0 amide bonds. The number of hydrogen-bond acceptors (Lipinski definition) is 2. The maximum absolute atomic E-state index is 5.88. The molecular weight excluding hydrogens is 232 g/mol. The van der Waals surface area contributed by atoms with Crippen molar-refractivity contribution in [3.63, 3.8) is 0 Å². The molecule has 3 heteroatoms. The zero-order valence-corrected chi connectivity index (χ0v) is 11.0. The number of hydrogen-bond donors (Lipinski definition) is 0. The summed E-state index contributed by atoms with van der Waals surface area (Å²) in [6.07, 6.45) is 1.86. The fourth-order valence-electron chi connectivity index (χ4n) is 2.08. The fourth-order valence-corrected chi connectivity index (χ4v) is 2.26. The quantitative estimate of drug-likeness (QED) is 0.768. The molecular formula is C14H17ClN2. The van der Waals surface area contributed by atoms with Crippen LogP contribution in [0.4, 0.5) is 5.69 Å². The lowest BCUT2D eigenvalue weighted by atomic mass is 10.1. The van der Waals surface area contributed by atoms with Gasteiger partial charge in [0.05, 0.1) is 5.52 Å². The van der Waals surface area contributed by atoms with Gasteiger partial charge in [0.25, 0.3) is 0 Å². The third-order valence-electron chi connectivity index (χ3n) is 2.88. The summed E-state index contributed by atoms with van der Waals surface area (Å²) in [6.45, 7) is 5.22. The van der Waals surface area contributed by atoms with Gasteiger partial charge >= 0.3 is 0 Å². The van der Waals surface area contributed by atoms with Crippen molar-refractivity contribution in [2.45, 2.75) is 19.9 Å². The minimum absolute atomic E-state index is 0.430. The first-order valence-corrected chi connectivity index (χ1v) is 6.44. The van der Waals surface area contributed by atoms with Crippen LogP contribution in [0, 0.1) is 0 Å². The number of benzene rings is 1. The van der Waals surface area contributed by atoms with Crippen molar-refractivity contribution in [3.05, 3.63) is 36.5 Å². The Labute approximate surface area is 107 Å². The van der Waals surface area contributed by atoms with Crippen molar-refractivity contribution in [1.82, 2.24) is 4.98 Å². The number of halogens is 1. The molecule has 0 N–H and O–H groups in total. The Hall–Kier alpha value is -1.28. The first-order valence-electron chi connectivity index (χ1n) is 5.90. The summed E-state index contributed by atoms with van der Waals surface area (Å²) >= 11 is 5.88. The van der Waals surface area contributed by atoms with Gasteiger partial charge in [-0.1, -0.05) is 18.2 Å². The van der Waals surface area contributed by atoms with Gasteiger partial charge in [0.2, 0.25) is 0 Å². The lowest BCUT2D eigenvalue weighted by molar-refractivity contribution is 0.708. The van der Waals surface area contributed by atoms with E-state index in [0.717, 1.165) is 12.1 Å². The van der Waals surface area contributed by atoms with E-state index < -0.39 is 0 Å². The molecule has 0 unspecified atom stereocenters. The minimum atomic E-state index is 0.430. The fraction of sp³-hybridized carbons (Fsp3) is 0.357. The number of anilines is 1. The smallest absolute Gasteiger partial charge is 0.0722 e. The molecule has 17 heavy (non-hydrogen) atoms. The Morgan fingerprint density at radius 1 is 1.24 bits per heavy atom. The minimum Gasteiger partial charge on any atom is -0.367 e. The molecule has 90 valence electrons. The molecule has 0 fully saturated rings. The predicted molar refractivity (Wildman–Crippen MR) is 74.9 cm³/mol. The van der Waals surface area contributed by atoms with Crippen LogP contribution in [-0.2, 0) is 0 Å². The largest absolute Gasteiger partial charge is 0.367 e. The summed E-state index contributed by atoms with van der Waals surface area (Å²) in [5, 5.41) is 1.19. The van der Waals surface area contributed by atoms with Crippen LogP contribution in [0.2, 0.25) is 0 Å². The van der Waals surface area contributed by atoms with Crippen molar-refractivity contribution in [2.75, 3.05) is 17.3 Å². The lowest BCUT2D eigenvalue weighted by Gasteiger charge is -2.29. The zero-order chi connectivity index (χ0) is 12.3. The predicted octanol–water partition coefficient (Wildman–Crippen LogP) is 3.69. The van der Waals surface area contributed by atoms with E-state index in [1.165, 1.54) is 11.1 Å². The van der Waals surface area contributed by atoms with Crippen LogP contribution in [0.25, 0.3) is 10.9 Å². The Kier molecular flexibility index (Phi) is 3.85. The normalized spacial score (nSPS) is 11.1. The highest BCUT2D eigenvalue weighted by Crippen LogP contribution is 2.26. The van der Waals surface area contributed by atoms with Gasteiger partial charge in [0, 0.05) is 35.7 Å². The third kappa shape index (κ3) is 2.52. The number of pyridine rings is 1. The second-order valence-corrected chi connectivity index (χ2v) is 4.70. The van der Waals surface area contributed by atoms with Crippen molar-refractivity contribution in [2.24, 2.45) is 0 Å². The van der Waals surface area contributed by atoms with E-state index in [-0.39, 0.29) is 0 Å². The van der Waals surface area contributed by atoms with E-state index in [9.17, 15) is 0 Å². The molecule has 0 atom stereocenters. The third-order valence-corrected chi connectivity index (χ3v) is 3.05. The van der Waals surface area contributed by atoms with E-state index in [2.05, 4.69) is 35.9 Å². The molecule has 1 aromatic heterocycles. The summed E-state index contributed by atoms with van der Waals surface area (Å²) in [5.41, 5.74) is 2.25. The molecule has 0 aliphatic carbocycles. The average molecular weight is 249 g/mol. The van der Waals surface area contributed by atoms with Gasteiger partial charge in [-0.2, -0.15) is 0 Å². The molecule has 0 spiro atoms. The van der Waals surface area contributed by atoms with Gasteiger partial charge in [-0.15, -0.1) is 11.6 Å². The molecule has 0 aliphatic heterocycles. The molecule has 0 aliphatic rings. The van der Waals surface area contributed by atoms with Crippen molar-refractivity contribution in [3.8, 4) is 0 Å². The first-order chi connectivity index (χ1) is 8.24. The number of fused-ring (bicyclic) bond motifs is 1. The summed E-state index contributed by atoms with van der Waals surface area (Å²) < 4.78 is 0. The summed E-state index contributed by atoms with van der Waals surface area (Å²) in [4.78, 5) is 6.70. The van der Waals surface area contributed by atoms with Gasteiger partial charge in [0.1, 0.15) is 0 Å². The molecule has 1 heterocycles. The Bertz CT molecular complexity index is 491. The lowest BCUT2D eigenvalue weighted by Crippen LogP contribution is -2.32. The molecule has 2 aromatic rings. The molecule has 2 nitrogen and oxygen atoms in total. The highest BCUT2D eigenvalue weighted by atomic mass is 35.5. The molecule has 0 bridgehead atoms. The standard InChI is InChI=1S/C14H17ClN2/c1-11(2)17(10-8-15)14-7-9-16-13-6-4-3-5-12(13)14/h3-7,9,11H,8,10H2,1-2H3. The van der Waals surface area contributed by atoms with E-state index >= 15 is 0 Å². The summed E-state index contributed by atoms with van der Waals surface area (Å²) in [5.74, 6) is 0.634. The maximum Gasteiger partial charge on any atom is 0.0722 e. The van der Waals surface area contributed by atoms with Crippen molar-refractivity contribution in [1.29, 1.82) is 0 Å².